The minimum atomic E-state index is -3.80. The van der Waals surface area contributed by atoms with Crippen LogP contribution in [0.4, 0.5) is 0 Å². The molecule has 3 aromatic rings. The van der Waals surface area contributed by atoms with Crippen LogP contribution in [0.15, 0.2) is 78.9 Å². The molecule has 0 amide bonds. The molecule has 0 saturated carbocycles. The molecule has 0 radical (unpaired) electrons. The van der Waals surface area contributed by atoms with Crippen LogP contribution in [-0.2, 0) is 4.57 Å². The summed E-state index contributed by atoms with van der Waals surface area (Å²) in [6, 6.07) is 23.1. The smallest absolute Gasteiger partial charge is 0.346 e. The molecule has 0 aromatic heterocycles. The van der Waals surface area contributed by atoms with Crippen molar-refractivity contribution in [3.63, 3.8) is 0 Å². The molecule has 0 saturated heterocycles. The number of aryl methyl sites for hydroxylation is 2. The molecule has 1 unspecified atom stereocenters. The van der Waals surface area contributed by atoms with Gasteiger partial charge in [0.25, 0.3) is 5.52 Å². The maximum Gasteiger partial charge on any atom is 0.346 e. The highest BCUT2D eigenvalue weighted by atomic mass is 31.2. The van der Waals surface area contributed by atoms with Crippen molar-refractivity contribution in [2.45, 2.75) is 13.8 Å². The van der Waals surface area contributed by atoms with Crippen LogP contribution in [-0.4, -0.2) is 5.52 Å². The van der Waals surface area contributed by atoms with Gasteiger partial charge in [-0.1, -0.05) is 54.6 Å². The fourth-order valence-electron chi connectivity index (χ4n) is 2.76. The molecule has 0 aliphatic rings. The Hall–Kier alpha value is -2.64. The molecular weight excluding hydrogens is 331 g/mol. The molecule has 3 nitrogen and oxygen atoms in total. The van der Waals surface area contributed by atoms with E-state index in [9.17, 15) is 9.36 Å². The van der Waals surface area contributed by atoms with Gasteiger partial charge in [0.2, 0.25) is 0 Å². The van der Waals surface area contributed by atoms with Crippen molar-refractivity contribution in [3.05, 3.63) is 95.6 Å². The Kier molecular flexibility index (Phi) is 4.87. The third kappa shape index (κ3) is 3.42. The molecular formula is C21H19O3P. The van der Waals surface area contributed by atoms with Crippen molar-refractivity contribution in [1.29, 1.82) is 0 Å². The summed E-state index contributed by atoms with van der Waals surface area (Å²) in [6.45, 7) is 3.69. The molecule has 4 heteroatoms. The topological polar surface area (TPSA) is 43.4 Å². The second kappa shape index (κ2) is 7.08. The van der Waals surface area contributed by atoms with E-state index in [-0.39, 0.29) is 0 Å². The summed E-state index contributed by atoms with van der Waals surface area (Å²) in [5.41, 5.74) is 1.57. The standard InChI is InChI=1S/C21H19O3P/c1-16-10-9-11-17(2)20(16)21(22)25(23,19-14-7-4-8-15-19)24-18-12-5-3-6-13-18/h3-15H,1-2H3. The Labute approximate surface area is 147 Å². The number of hydrogen-bond donors (Lipinski definition) is 0. The van der Waals surface area contributed by atoms with Crippen LogP contribution in [0.5, 0.6) is 5.75 Å². The van der Waals surface area contributed by atoms with Gasteiger partial charge in [-0.15, -0.1) is 0 Å². The summed E-state index contributed by atoms with van der Waals surface area (Å²) >= 11 is 0. The summed E-state index contributed by atoms with van der Waals surface area (Å²) in [6.07, 6.45) is 0. The lowest BCUT2D eigenvalue weighted by molar-refractivity contribution is 0.106. The first-order chi connectivity index (χ1) is 12.0. The summed E-state index contributed by atoms with van der Waals surface area (Å²) < 4.78 is 19.6. The largest absolute Gasteiger partial charge is 0.435 e. The van der Waals surface area contributed by atoms with Gasteiger partial charge in [0.15, 0.2) is 0 Å². The highest BCUT2D eigenvalue weighted by Gasteiger charge is 2.39. The lowest BCUT2D eigenvalue weighted by Crippen LogP contribution is -2.19. The lowest BCUT2D eigenvalue weighted by Gasteiger charge is -2.20. The van der Waals surface area contributed by atoms with Gasteiger partial charge >= 0.3 is 7.37 Å². The molecule has 1 atom stereocenters. The molecule has 0 spiro atoms. The van der Waals surface area contributed by atoms with Gasteiger partial charge in [-0.3, -0.25) is 9.36 Å². The van der Waals surface area contributed by atoms with Gasteiger partial charge in [0, 0.05) is 5.56 Å². The van der Waals surface area contributed by atoms with Crippen molar-refractivity contribution >= 4 is 18.2 Å². The number of hydrogen-bond acceptors (Lipinski definition) is 3. The van der Waals surface area contributed by atoms with Crippen LogP contribution in [0, 0.1) is 13.8 Å². The Morgan fingerprint density at radius 2 is 1.28 bits per heavy atom. The highest BCUT2D eigenvalue weighted by Crippen LogP contribution is 2.50. The molecule has 0 N–H and O–H groups in total. The molecule has 126 valence electrons. The SMILES string of the molecule is Cc1cccc(C)c1C(=O)P(=O)(Oc1ccccc1)c1ccccc1. The van der Waals surface area contributed by atoms with E-state index in [4.69, 9.17) is 4.52 Å². The van der Waals surface area contributed by atoms with Crippen molar-refractivity contribution in [1.82, 2.24) is 0 Å². The first-order valence-corrected chi connectivity index (χ1v) is 9.66. The Morgan fingerprint density at radius 3 is 1.84 bits per heavy atom. The number of para-hydroxylation sites is 1. The molecule has 0 bridgehead atoms. The fraction of sp³-hybridized carbons (Fsp3) is 0.0952. The lowest BCUT2D eigenvalue weighted by atomic mass is 10.0. The van der Waals surface area contributed by atoms with E-state index in [0.29, 0.717) is 16.6 Å². The molecule has 0 aliphatic heterocycles. The van der Waals surface area contributed by atoms with E-state index in [1.807, 2.05) is 44.2 Å². The summed E-state index contributed by atoms with van der Waals surface area (Å²) in [4.78, 5) is 13.3. The maximum atomic E-state index is 13.8. The fourth-order valence-corrected chi connectivity index (χ4v) is 4.82. The number of rotatable bonds is 5. The van der Waals surface area contributed by atoms with E-state index in [2.05, 4.69) is 0 Å². The van der Waals surface area contributed by atoms with Crippen molar-refractivity contribution < 1.29 is 13.9 Å². The van der Waals surface area contributed by atoms with E-state index in [1.165, 1.54) is 0 Å². The normalized spacial score (nSPS) is 13.0. The van der Waals surface area contributed by atoms with Crippen molar-refractivity contribution in [2.24, 2.45) is 0 Å². The van der Waals surface area contributed by atoms with Crippen LogP contribution in [0.1, 0.15) is 21.5 Å². The third-order valence-electron chi connectivity index (χ3n) is 4.04. The van der Waals surface area contributed by atoms with E-state index in [0.717, 1.165) is 11.1 Å². The molecule has 3 aromatic carbocycles. The predicted octanol–water partition coefficient (Wildman–Crippen LogP) is 5.13. The average molecular weight is 350 g/mol. The van der Waals surface area contributed by atoms with Crippen LogP contribution in [0.25, 0.3) is 0 Å². The first kappa shape index (κ1) is 17.2. The second-order valence-electron chi connectivity index (χ2n) is 5.86. The maximum absolute atomic E-state index is 13.8. The summed E-state index contributed by atoms with van der Waals surface area (Å²) in [5, 5.41) is 0.395. The van der Waals surface area contributed by atoms with Crippen LogP contribution in [0.3, 0.4) is 0 Å². The van der Waals surface area contributed by atoms with Gasteiger partial charge in [0.05, 0.1) is 5.30 Å². The summed E-state index contributed by atoms with van der Waals surface area (Å²) in [5.74, 6) is 0.411. The first-order valence-electron chi connectivity index (χ1n) is 8.04. The quantitative estimate of drug-likeness (QED) is 0.600. The molecule has 0 fully saturated rings. The average Bonchev–Trinajstić information content (AvgIpc) is 2.63. The zero-order chi connectivity index (χ0) is 17.9. The van der Waals surface area contributed by atoms with Gasteiger partial charge in [-0.2, -0.15) is 0 Å². The minimum Gasteiger partial charge on any atom is -0.435 e. The zero-order valence-electron chi connectivity index (χ0n) is 14.2. The Bertz CT molecular complexity index is 914. The van der Waals surface area contributed by atoms with E-state index >= 15 is 0 Å². The van der Waals surface area contributed by atoms with Gasteiger partial charge < -0.3 is 4.52 Å². The third-order valence-corrected chi connectivity index (χ3v) is 6.24. The van der Waals surface area contributed by atoms with Crippen LogP contribution >= 0.6 is 7.37 Å². The Morgan fingerprint density at radius 1 is 0.760 bits per heavy atom. The van der Waals surface area contributed by atoms with Gasteiger partial charge in [0.1, 0.15) is 5.75 Å². The molecule has 25 heavy (non-hydrogen) atoms. The van der Waals surface area contributed by atoms with Crippen LogP contribution < -0.4 is 9.83 Å². The predicted molar refractivity (Wildman–Crippen MR) is 101 cm³/mol. The van der Waals surface area contributed by atoms with Crippen LogP contribution in [0.2, 0.25) is 0 Å². The van der Waals surface area contributed by atoms with Crippen molar-refractivity contribution in [2.75, 3.05) is 0 Å². The van der Waals surface area contributed by atoms with E-state index in [1.54, 1.807) is 48.5 Å². The number of carbonyl (C=O) groups is 1. The Balaban J connectivity index is 2.15. The second-order valence-corrected chi connectivity index (χ2v) is 8.07. The summed E-state index contributed by atoms with van der Waals surface area (Å²) in [7, 11) is -3.80. The molecule has 0 aliphatic carbocycles. The molecule has 0 heterocycles. The monoisotopic (exact) mass is 350 g/mol. The van der Waals surface area contributed by atoms with Gasteiger partial charge in [-0.05, 0) is 49.2 Å². The number of benzene rings is 3. The zero-order valence-corrected chi connectivity index (χ0v) is 15.1. The highest BCUT2D eigenvalue weighted by molar-refractivity contribution is 7.83. The van der Waals surface area contributed by atoms with E-state index < -0.39 is 12.9 Å². The minimum absolute atomic E-state index is 0.395. The number of carbonyl (C=O) groups excluding carboxylic acids is 1. The van der Waals surface area contributed by atoms with Gasteiger partial charge in [-0.25, -0.2) is 0 Å². The molecule has 3 rings (SSSR count). The van der Waals surface area contributed by atoms with Crippen molar-refractivity contribution in [3.8, 4) is 5.75 Å².